The Hall–Kier alpha value is -1.16. The first-order valence-corrected chi connectivity index (χ1v) is 7.00. The summed E-state index contributed by atoms with van der Waals surface area (Å²) in [5.74, 6) is 0. The monoisotopic (exact) mass is 277 g/mol. The van der Waals surface area contributed by atoms with Crippen molar-refractivity contribution in [2.45, 2.75) is 19.4 Å². The minimum Gasteiger partial charge on any atom is -0.329 e. The van der Waals surface area contributed by atoms with Gasteiger partial charge in [0.25, 0.3) is 0 Å². The highest BCUT2D eigenvalue weighted by atomic mass is 35.5. The maximum Gasteiger partial charge on any atom is 0.0765 e. The number of halogens is 1. The molecule has 0 spiro atoms. The van der Waals surface area contributed by atoms with E-state index < -0.39 is 0 Å². The normalized spacial score (nSPS) is 13.1. The second-order valence-electron chi connectivity index (χ2n) is 4.77. The Labute approximate surface area is 119 Å². The molecule has 1 aromatic heterocycles. The summed E-state index contributed by atoms with van der Waals surface area (Å²) >= 11 is 6.23. The number of nitrogens with zero attached hydrogens (tertiary/aromatic N) is 2. The number of fused-ring (bicyclic) bond motifs is 1. The maximum atomic E-state index is 6.23. The lowest BCUT2D eigenvalue weighted by molar-refractivity contribution is 0.252. The third-order valence-corrected chi connectivity index (χ3v) is 3.77. The summed E-state index contributed by atoms with van der Waals surface area (Å²) < 4.78 is 0. The van der Waals surface area contributed by atoms with Gasteiger partial charge in [-0.2, -0.15) is 0 Å². The molecule has 2 rings (SSSR count). The number of nitrogens with two attached hydrogens (primary N) is 1. The highest BCUT2D eigenvalue weighted by Gasteiger charge is 2.18. The number of likely N-dealkylation sites (N-methyl/N-ethyl adjacent to an activating group) is 1. The second-order valence-corrected chi connectivity index (χ2v) is 5.18. The molecular formula is C15H20ClN3. The van der Waals surface area contributed by atoms with Crippen molar-refractivity contribution >= 4 is 22.5 Å². The summed E-state index contributed by atoms with van der Waals surface area (Å²) in [5.41, 5.74) is 8.07. The van der Waals surface area contributed by atoms with Gasteiger partial charge in [-0.3, -0.25) is 9.88 Å². The predicted octanol–water partition coefficient (Wildman–Crippen LogP) is 3.23. The largest absolute Gasteiger partial charge is 0.329 e. The van der Waals surface area contributed by atoms with E-state index in [9.17, 15) is 0 Å². The molecule has 0 saturated carbocycles. The quantitative estimate of drug-likeness (QED) is 0.912. The van der Waals surface area contributed by atoms with Crippen LogP contribution in [0, 0.1) is 0 Å². The molecule has 2 N–H and O–H groups in total. The molecule has 3 nitrogen and oxygen atoms in total. The van der Waals surface area contributed by atoms with Crippen molar-refractivity contribution in [3.63, 3.8) is 0 Å². The van der Waals surface area contributed by atoms with Crippen LogP contribution in [0.5, 0.6) is 0 Å². The first-order chi connectivity index (χ1) is 9.19. The fourth-order valence-electron chi connectivity index (χ4n) is 2.48. The zero-order valence-electron chi connectivity index (χ0n) is 11.4. The number of hydrogen-bond donors (Lipinski definition) is 1. The van der Waals surface area contributed by atoms with E-state index in [2.05, 4.69) is 23.9 Å². The molecule has 0 aliphatic carbocycles. The van der Waals surface area contributed by atoms with Crippen molar-refractivity contribution < 1.29 is 0 Å². The van der Waals surface area contributed by atoms with Crippen molar-refractivity contribution in [1.29, 1.82) is 0 Å². The van der Waals surface area contributed by atoms with Crippen molar-refractivity contribution in [2.75, 3.05) is 20.1 Å². The van der Waals surface area contributed by atoms with Gasteiger partial charge in [-0.15, -0.1) is 0 Å². The van der Waals surface area contributed by atoms with Crippen LogP contribution in [0.25, 0.3) is 10.9 Å². The van der Waals surface area contributed by atoms with Gasteiger partial charge in [0.15, 0.2) is 0 Å². The van der Waals surface area contributed by atoms with Crippen molar-refractivity contribution in [2.24, 2.45) is 5.73 Å². The molecule has 2 aromatic rings. The van der Waals surface area contributed by atoms with Crippen LogP contribution in [-0.2, 0) is 0 Å². The molecule has 0 radical (unpaired) electrons. The van der Waals surface area contributed by atoms with E-state index in [1.54, 1.807) is 6.20 Å². The van der Waals surface area contributed by atoms with E-state index in [1.165, 1.54) is 0 Å². The lowest BCUT2D eigenvalue weighted by atomic mass is 10.0. The number of aromatic nitrogens is 1. The minimum absolute atomic E-state index is 0.176. The van der Waals surface area contributed by atoms with Crippen LogP contribution < -0.4 is 5.73 Å². The zero-order valence-corrected chi connectivity index (χ0v) is 12.2. The minimum atomic E-state index is 0.176. The van der Waals surface area contributed by atoms with Gasteiger partial charge in [0.1, 0.15) is 0 Å². The Morgan fingerprint density at radius 1 is 1.37 bits per heavy atom. The average molecular weight is 278 g/mol. The van der Waals surface area contributed by atoms with Crippen LogP contribution in [0.4, 0.5) is 0 Å². The number of pyridine rings is 1. The molecule has 1 heterocycles. The van der Waals surface area contributed by atoms with E-state index in [0.717, 1.165) is 34.5 Å². The summed E-state index contributed by atoms with van der Waals surface area (Å²) in [4.78, 5) is 6.76. The van der Waals surface area contributed by atoms with Crippen LogP contribution in [0.2, 0.25) is 5.02 Å². The van der Waals surface area contributed by atoms with Crippen LogP contribution in [0.3, 0.4) is 0 Å². The van der Waals surface area contributed by atoms with Crippen molar-refractivity contribution in [3.8, 4) is 0 Å². The number of rotatable bonds is 5. The van der Waals surface area contributed by atoms with Gasteiger partial charge in [0.2, 0.25) is 0 Å². The summed E-state index contributed by atoms with van der Waals surface area (Å²) in [7, 11) is 2.10. The molecular weight excluding hydrogens is 258 g/mol. The first kappa shape index (κ1) is 14.3. The van der Waals surface area contributed by atoms with E-state index in [0.29, 0.717) is 6.54 Å². The molecule has 4 heteroatoms. The topological polar surface area (TPSA) is 42.1 Å². The molecule has 0 saturated heterocycles. The van der Waals surface area contributed by atoms with Crippen molar-refractivity contribution in [3.05, 3.63) is 41.0 Å². The molecule has 1 aromatic carbocycles. The Kier molecular flexibility index (Phi) is 4.75. The SMILES string of the molecule is CCCN(C)C(CN)c1ccc(Cl)c2cccnc12. The van der Waals surface area contributed by atoms with Gasteiger partial charge >= 0.3 is 0 Å². The maximum absolute atomic E-state index is 6.23. The fourth-order valence-corrected chi connectivity index (χ4v) is 2.70. The molecule has 0 bridgehead atoms. The molecule has 1 atom stereocenters. The molecule has 19 heavy (non-hydrogen) atoms. The molecule has 0 aliphatic heterocycles. The second kappa shape index (κ2) is 6.33. The lowest BCUT2D eigenvalue weighted by Gasteiger charge is -2.27. The summed E-state index contributed by atoms with van der Waals surface area (Å²) in [6.07, 6.45) is 2.90. The van der Waals surface area contributed by atoms with Gasteiger partial charge in [-0.05, 0) is 43.8 Å². The van der Waals surface area contributed by atoms with E-state index in [-0.39, 0.29) is 6.04 Å². The number of hydrogen-bond acceptors (Lipinski definition) is 3. The number of benzene rings is 1. The predicted molar refractivity (Wildman–Crippen MR) is 81.5 cm³/mol. The van der Waals surface area contributed by atoms with Gasteiger partial charge in [-0.1, -0.05) is 24.6 Å². The van der Waals surface area contributed by atoms with Crippen molar-refractivity contribution in [1.82, 2.24) is 9.88 Å². The fraction of sp³-hybridized carbons (Fsp3) is 0.400. The van der Waals surface area contributed by atoms with Gasteiger partial charge in [0, 0.05) is 29.2 Å². The van der Waals surface area contributed by atoms with Crippen LogP contribution in [0.1, 0.15) is 24.9 Å². The van der Waals surface area contributed by atoms with Crippen LogP contribution in [0.15, 0.2) is 30.5 Å². The molecule has 0 amide bonds. The Balaban J connectivity index is 2.52. The standard InChI is InChI=1S/C15H20ClN3/c1-3-9-19(2)14(10-17)12-6-7-13(16)11-5-4-8-18-15(11)12/h4-8,14H,3,9-10,17H2,1-2H3. The van der Waals surface area contributed by atoms with Gasteiger partial charge in [-0.25, -0.2) is 0 Å². The van der Waals surface area contributed by atoms with Crippen LogP contribution >= 0.6 is 11.6 Å². The van der Waals surface area contributed by atoms with Gasteiger partial charge in [0.05, 0.1) is 5.52 Å². The summed E-state index contributed by atoms with van der Waals surface area (Å²) in [6, 6.07) is 8.06. The summed E-state index contributed by atoms with van der Waals surface area (Å²) in [5, 5.41) is 1.73. The lowest BCUT2D eigenvalue weighted by Crippen LogP contribution is -2.31. The average Bonchev–Trinajstić information content (AvgIpc) is 2.43. The van der Waals surface area contributed by atoms with E-state index in [1.807, 2.05) is 24.3 Å². The van der Waals surface area contributed by atoms with E-state index >= 15 is 0 Å². The Bertz CT molecular complexity index is 556. The molecule has 0 aliphatic rings. The third-order valence-electron chi connectivity index (χ3n) is 3.44. The first-order valence-electron chi connectivity index (χ1n) is 6.62. The zero-order chi connectivity index (χ0) is 13.8. The third kappa shape index (κ3) is 2.89. The summed E-state index contributed by atoms with van der Waals surface area (Å²) in [6.45, 7) is 3.75. The van der Waals surface area contributed by atoms with Crippen LogP contribution in [-0.4, -0.2) is 30.0 Å². The molecule has 102 valence electrons. The highest BCUT2D eigenvalue weighted by Crippen LogP contribution is 2.30. The Morgan fingerprint density at radius 3 is 2.84 bits per heavy atom. The molecule has 0 fully saturated rings. The van der Waals surface area contributed by atoms with E-state index in [4.69, 9.17) is 17.3 Å². The van der Waals surface area contributed by atoms with Gasteiger partial charge < -0.3 is 5.73 Å². The Morgan fingerprint density at radius 2 is 2.16 bits per heavy atom. The molecule has 1 unspecified atom stereocenters. The smallest absolute Gasteiger partial charge is 0.0765 e. The highest BCUT2D eigenvalue weighted by molar-refractivity contribution is 6.35.